The van der Waals surface area contributed by atoms with Gasteiger partial charge in [-0.15, -0.1) is 0 Å². The standard InChI is InChI=1S/C18H18F3N5/c1-11-17(18-13(20)7-12(19)8-14(18)21)15(9-16-22-10-23-26(11)16)25-5-3-24(2)4-6-25/h7-10H,3-6H2,1-2H3. The second-order valence-corrected chi connectivity index (χ2v) is 6.55. The first-order valence-electron chi connectivity index (χ1n) is 8.37. The van der Waals surface area contributed by atoms with Gasteiger partial charge in [-0.3, -0.25) is 0 Å². The summed E-state index contributed by atoms with van der Waals surface area (Å²) >= 11 is 0. The van der Waals surface area contributed by atoms with Gasteiger partial charge in [0.2, 0.25) is 0 Å². The van der Waals surface area contributed by atoms with Crippen LogP contribution in [0.1, 0.15) is 5.69 Å². The number of fused-ring (bicyclic) bond motifs is 1. The highest BCUT2D eigenvalue weighted by Crippen LogP contribution is 2.38. The quantitative estimate of drug-likeness (QED) is 0.703. The minimum absolute atomic E-state index is 0.241. The summed E-state index contributed by atoms with van der Waals surface area (Å²) in [6.45, 7) is 4.85. The number of hydrogen-bond donors (Lipinski definition) is 0. The van der Waals surface area contributed by atoms with E-state index in [1.54, 1.807) is 13.0 Å². The van der Waals surface area contributed by atoms with Gasteiger partial charge in [-0.2, -0.15) is 5.10 Å². The number of rotatable bonds is 2. The van der Waals surface area contributed by atoms with Crippen LogP contribution in [0.15, 0.2) is 24.5 Å². The lowest BCUT2D eigenvalue weighted by atomic mass is 9.99. The topological polar surface area (TPSA) is 36.7 Å². The highest BCUT2D eigenvalue weighted by atomic mass is 19.1. The molecule has 0 unspecified atom stereocenters. The maximum Gasteiger partial charge on any atom is 0.157 e. The Hall–Kier alpha value is -2.61. The van der Waals surface area contributed by atoms with Gasteiger partial charge in [-0.1, -0.05) is 0 Å². The molecule has 136 valence electrons. The lowest BCUT2D eigenvalue weighted by Gasteiger charge is -2.35. The van der Waals surface area contributed by atoms with Gasteiger partial charge in [0, 0.05) is 49.9 Å². The van der Waals surface area contributed by atoms with Crippen LogP contribution in [0, 0.1) is 24.4 Å². The molecule has 0 aliphatic carbocycles. The molecule has 1 fully saturated rings. The molecule has 0 radical (unpaired) electrons. The van der Waals surface area contributed by atoms with Crippen molar-refractivity contribution in [2.75, 3.05) is 38.1 Å². The average molecular weight is 361 g/mol. The second kappa shape index (κ2) is 6.28. The lowest BCUT2D eigenvalue weighted by Crippen LogP contribution is -2.44. The van der Waals surface area contributed by atoms with E-state index in [4.69, 9.17) is 0 Å². The molecule has 1 saturated heterocycles. The molecule has 8 heteroatoms. The molecule has 0 saturated carbocycles. The van der Waals surface area contributed by atoms with Gasteiger partial charge >= 0.3 is 0 Å². The number of hydrogen-bond acceptors (Lipinski definition) is 4. The summed E-state index contributed by atoms with van der Waals surface area (Å²) in [5.41, 5.74) is 1.97. The van der Waals surface area contributed by atoms with Gasteiger partial charge in [-0.05, 0) is 14.0 Å². The zero-order chi connectivity index (χ0) is 18.4. The third kappa shape index (κ3) is 2.70. The predicted octanol–water partition coefficient (Wildman–Crippen LogP) is 2.87. The number of aromatic nitrogens is 3. The van der Waals surface area contributed by atoms with Crippen LogP contribution in [0.4, 0.5) is 18.9 Å². The molecule has 1 aliphatic rings. The molecule has 0 bridgehead atoms. The molecular weight excluding hydrogens is 343 g/mol. The van der Waals surface area contributed by atoms with Crippen LogP contribution in [-0.2, 0) is 0 Å². The van der Waals surface area contributed by atoms with E-state index in [0.29, 0.717) is 34.7 Å². The van der Waals surface area contributed by atoms with Crippen molar-refractivity contribution in [1.29, 1.82) is 0 Å². The van der Waals surface area contributed by atoms with Crippen molar-refractivity contribution in [3.05, 3.63) is 47.7 Å². The minimum Gasteiger partial charge on any atom is -0.368 e. The first kappa shape index (κ1) is 16.8. The van der Waals surface area contributed by atoms with Crippen molar-refractivity contribution in [2.45, 2.75) is 6.92 Å². The van der Waals surface area contributed by atoms with E-state index in [-0.39, 0.29) is 5.56 Å². The number of halogens is 3. The molecule has 0 spiro atoms. The highest BCUT2D eigenvalue weighted by Gasteiger charge is 2.25. The summed E-state index contributed by atoms with van der Waals surface area (Å²) in [7, 11) is 2.03. The van der Waals surface area contributed by atoms with Crippen LogP contribution in [0.5, 0.6) is 0 Å². The predicted molar refractivity (Wildman–Crippen MR) is 92.7 cm³/mol. The van der Waals surface area contributed by atoms with Gasteiger partial charge in [-0.25, -0.2) is 22.7 Å². The second-order valence-electron chi connectivity index (χ2n) is 6.55. The number of anilines is 1. The van der Waals surface area contributed by atoms with Crippen molar-refractivity contribution in [3.8, 4) is 11.1 Å². The van der Waals surface area contributed by atoms with E-state index in [2.05, 4.69) is 19.9 Å². The molecular formula is C18H18F3N5. The van der Waals surface area contributed by atoms with Crippen molar-refractivity contribution in [2.24, 2.45) is 0 Å². The minimum atomic E-state index is -0.940. The maximum absolute atomic E-state index is 14.6. The number of pyridine rings is 1. The largest absolute Gasteiger partial charge is 0.368 e. The Labute approximate surface area is 148 Å². The molecule has 26 heavy (non-hydrogen) atoms. The molecule has 3 aromatic rings. The molecule has 5 nitrogen and oxygen atoms in total. The first-order chi connectivity index (χ1) is 12.5. The van der Waals surface area contributed by atoms with Gasteiger partial charge in [0.25, 0.3) is 0 Å². The number of likely N-dealkylation sites (N-methyl/N-ethyl adjacent to an activating group) is 1. The van der Waals surface area contributed by atoms with E-state index >= 15 is 0 Å². The number of benzene rings is 1. The van der Waals surface area contributed by atoms with Crippen LogP contribution in [0.2, 0.25) is 0 Å². The Morgan fingerprint density at radius 1 is 0.923 bits per heavy atom. The summed E-state index contributed by atoms with van der Waals surface area (Å²) in [5, 5.41) is 4.14. The molecule has 4 rings (SSSR count). The van der Waals surface area contributed by atoms with Crippen molar-refractivity contribution in [3.63, 3.8) is 0 Å². The fourth-order valence-corrected chi connectivity index (χ4v) is 3.48. The normalized spacial score (nSPS) is 15.8. The monoisotopic (exact) mass is 361 g/mol. The van der Waals surface area contributed by atoms with Crippen LogP contribution in [-0.4, -0.2) is 52.7 Å². The van der Waals surface area contributed by atoms with Gasteiger partial charge in [0.05, 0.1) is 16.9 Å². The third-order valence-corrected chi connectivity index (χ3v) is 4.88. The summed E-state index contributed by atoms with van der Waals surface area (Å²) in [5.74, 6) is -2.80. The molecule has 3 heterocycles. The fraction of sp³-hybridized carbons (Fsp3) is 0.333. The number of nitrogens with zero attached hydrogens (tertiary/aromatic N) is 5. The Morgan fingerprint density at radius 2 is 1.58 bits per heavy atom. The van der Waals surface area contributed by atoms with Crippen LogP contribution < -0.4 is 4.90 Å². The average Bonchev–Trinajstić information content (AvgIpc) is 3.05. The molecule has 1 aliphatic heterocycles. The summed E-state index contributed by atoms with van der Waals surface area (Å²) in [4.78, 5) is 8.49. The Kier molecular flexibility index (Phi) is 4.07. The zero-order valence-electron chi connectivity index (χ0n) is 14.5. The van der Waals surface area contributed by atoms with E-state index < -0.39 is 17.5 Å². The van der Waals surface area contributed by atoms with Crippen LogP contribution >= 0.6 is 0 Å². The Morgan fingerprint density at radius 3 is 2.23 bits per heavy atom. The van der Waals surface area contributed by atoms with E-state index in [1.807, 2.05) is 7.05 Å². The third-order valence-electron chi connectivity index (χ3n) is 4.88. The number of aryl methyl sites for hydroxylation is 1. The van der Waals surface area contributed by atoms with Gasteiger partial charge in [0.15, 0.2) is 5.65 Å². The Balaban J connectivity index is 1.98. The van der Waals surface area contributed by atoms with E-state index in [1.165, 1.54) is 10.8 Å². The van der Waals surface area contributed by atoms with Crippen molar-refractivity contribution < 1.29 is 13.2 Å². The number of piperazine rings is 1. The zero-order valence-corrected chi connectivity index (χ0v) is 14.5. The van der Waals surface area contributed by atoms with E-state index in [9.17, 15) is 13.2 Å². The molecule has 0 atom stereocenters. The van der Waals surface area contributed by atoms with Gasteiger partial charge in [0.1, 0.15) is 23.8 Å². The Bertz CT molecular complexity index is 953. The summed E-state index contributed by atoms with van der Waals surface area (Å²) in [6, 6.07) is 3.19. The first-order valence-corrected chi connectivity index (χ1v) is 8.37. The molecule has 1 aromatic carbocycles. The van der Waals surface area contributed by atoms with Crippen LogP contribution in [0.25, 0.3) is 16.8 Å². The maximum atomic E-state index is 14.6. The summed E-state index contributed by atoms with van der Waals surface area (Å²) < 4.78 is 44.1. The summed E-state index contributed by atoms with van der Waals surface area (Å²) in [6.07, 6.45) is 1.40. The molecule has 0 N–H and O–H groups in total. The van der Waals surface area contributed by atoms with Gasteiger partial charge < -0.3 is 9.80 Å². The van der Waals surface area contributed by atoms with Crippen molar-refractivity contribution in [1.82, 2.24) is 19.5 Å². The smallest absolute Gasteiger partial charge is 0.157 e. The SMILES string of the molecule is Cc1c(-c2c(F)cc(F)cc2F)c(N2CCN(C)CC2)cc2ncnn12. The lowest BCUT2D eigenvalue weighted by molar-refractivity contribution is 0.313. The van der Waals surface area contributed by atoms with Crippen LogP contribution in [0.3, 0.4) is 0 Å². The highest BCUT2D eigenvalue weighted by molar-refractivity contribution is 5.83. The van der Waals surface area contributed by atoms with E-state index in [0.717, 1.165) is 26.2 Å². The molecule has 2 aromatic heterocycles. The molecule has 0 amide bonds. The fourth-order valence-electron chi connectivity index (χ4n) is 3.48. The van der Waals surface area contributed by atoms with Crippen molar-refractivity contribution >= 4 is 11.3 Å².